The molecular formula is C22H14N2O2S. The number of carbonyl (C=O) groups excluding carboxylic acids is 2. The van der Waals surface area contributed by atoms with Crippen LogP contribution in [0.15, 0.2) is 72.8 Å². The second-order valence-electron chi connectivity index (χ2n) is 6.43. The Morgan fingerprint density at radius 2 is 1.41 bits per heavy atom. The van der Waals surface area contributed by atoms with Gasteiger partial charge in [-0.15, -0.1) is 11.3 Å². The van der Waals surface area contributed by atoms with Crippen LogP contribution in [0.2, 0.25) is 0 Å². The van der Waals surface area contributed by atoms with Gasteiger partial charge >= 0.3 is 0 Å². The van der Waals surface area contributed by atoms with E-state index >= 15 is 0 Å². The van der Waals surface area contributed by atoms with Crippen molar-refractivity contribution in [1.29, 1.82) is 0 Å². The molecule has 0 N–H and O–H groups in total. The predicted octanol–water partition coefficient (Wildman–Crippen LogP) is 4.76. The fourth-order valence-corrected chi connectivity index (χ4v) is 4.28. The van der Waals surface area contributed by atoms with E-state index < -0.39 is 0 Å². The van der Waals surface area contributed by atoms with Crippen LogP contribution < -0.4 is 0 Å². The van der Waals surface area contributed by atoms with E-state index in [1.807, 2.05) is 42.5 Å². The zero-order chi connectivity index (χ0) is 18.4. The highest BCUT2D eigenvalue weighted by molar-refractivity contribution is 7.21. The van der Waals surface area contributed by atoms with E-state index in [1.165, 1.54) is 4.90 Å². The standard InChI is InChI=1S/C22H14N2O2S/c25-21-16-5-1-2-6-17(16)22(26)24(21)13-14-9-11-15(12-10-14)20-23-18-7-3-4-8-19(18)27-20/h1-12H,13H2. The molecule has 0 atom stereocenters. The lowest BCUT2D eigenvalue weighted by Gasteiger charge is -2.14. The first-order valence-corrected chi connectivity index (χ1v) is 9.42. The molecule has 0 aliphatic carbocycles. The maximum atomic E-state index is 12.5. The number of rotatable bonds is 3. The molecule has 27 heavy (non-hydrogen) atoms. The monoisotopic (exact) mass is 370 g/mol. The van der Waals surface area contributed by atoms with Crippen molar-refractivity contribution in [3.8, 4) is 10.6 Å². The third-order valence-corrected chi connectivity index (χ3v) is 5.80. The van der Waals surface area contributed by atoms with Gasteiger partial charge in [0.15, 0.2) is 0 Å². The molecule has 0 bridgehead atoms. The Balaban J connectivity index is 1.40. The average Bonchev–Trinajstić information content (AvgIpc) is 3.24. The summed E-state index contributed by atoms with van der Waals surface area (Å²) in [5.74, 6) is -0.461. The third-order valence-electron chi connectivity index (χ3n) is 4.71. The average molecular weight is 370 g/mol. The van der Waals surface area contributed by atoms with Crippen molar-refractivity contribution in [2.24, 2.45) is 0 Å². The lowest BCUT2D eigenvalue weighted by atomic mass is 10.1. The van der Waals surface area contributed by atoms with Crippen LogP contribution >= 0.6 is 11.3 Å². The summed E-state index contributed by atoms with van der Waals surface area (Å²) in [5, 5.41) is 0.962. The molecule has 1 aliphatic heterocycles. The van der Waals surface area contributed by atoms with Crippen molar-refractivity contribution in [2.75, 3.05) is 0 Å². The SMILES string of the molecule is O=C1c2ccccc2C(=O)N1Cc1ccc(-c2nc3ccccc3s2)cc1. The first-order valence-electron chi connectivity index (χ1n) is 8.61. The topological polar surface area (TPSA) is 50.3 Å². The minimum Gasteiger partial charge on any atom is -0.270 e. The number of carbonyl (C=O) groups is 2. The van der Waals surface area contributed by atoms with Crippen molar-refractivity contribution in [1.82, 2.24) is 9.88 Å². The molecule has 0 saturated carbocycles. The normalized spacial score (nSPS) is 13.4. The molecule has 2 amide bonds. The minimum absolute atomic E-state index is 0.231. The minimum atomic E-state index is -0.231. The number of hydrogen-bond acceptors (Lipinski definition) is 4. The number of fused-ring (bicyclic) bond motifs is 2. The van der Waals surface area contributed by atoms with Gasteiger partial charge < -0.3 is 0 Å². The van der Waals surface area contributed by atoms with Crippen LogP contribution in [0, 0.1) is 0 Å². The number of aromatic nitrogens is 1. The Morgan fingerprint density at radius 1 is 0.778 bits per heavy atom. The van der Waals surface area contributed by atoms with Crippen molar-refractivity contribution < 1.29 is 9.59 Å². The summed E-state index contributed by atoms with van der Waals surface area (Å²) in [4.78, 5) is 31.0. The van der Waals surface area contributed by atoms with E-state index in [0.29, 0.717) is 11.1 Å². The van der Waals surface area contributed by atoms with Gasteiger partial charge in [0.1, 0.15) is 5.01 Å². The molecule has 2 heterocycles. The highest BCUT2D eigenvalue weighted by atomic mass is 32.1. The largest absolute Gasteiger partial charge is 0.270 e. The van der Waals surface area contributed by atoms with Gasteiger partial charge in [-0.3, -0.25) is 14.5 Å². The van der Waals surface area contributed by atoms with Gasteiger partial charge in [-0.05, 0) is 29.8 Å². The molecule has 3 aromatic carbocycles. The molecule has 4 aromatic rings. The van der Waals surface area contributed by atoms with Crippen molar-refractivity contribution >= 4 is 33.4 Å². The highest BCUT2D eigenvalue weighted by Gasteiger charge is 2.34. The van der Waals surface area contributed by atoms with Crippen LogP contribution in [-0.4, -0.2) is 21.7 Å². The van der Waals surface area contributed by atoms with Crippen LogP contribution in [-0.2, 0) is 6.54 Å². The number of amides is 2. The van der Waals surface area contributed by atoms with E-state index in [1.54, 1.807) is 35.6 Å². The molecular weight excluding hydrogens is 356 g/mol. The van der Waals surface area contributed by atoms with Gasteiger partial charge in [0.2, 0.25) is 0 Å². The lowest BCUT2D eigenvalue weighted by Crippen LogP contribution is -2.29. The second kappa shape index (κ2) is 6.14. The Bertz CT molecular complexity index is 1130. The smallest absolute Gasteiger partial charge is 0.261 e. The lowest BCUT2D eigenvalue weighted by molar-refractivity contribution is 0.0642. The molecule has 5 rings (SSSR count). The van der Waals surface area contributed by atoms with Crippen LogP contribution in [0.4, 0.5) is 0 Å². The van der Waals surface area contributed by atoms with Gasteiger partial charge in [0.25, 0.3) is 11.8 Å². The molecule has 0 unspecified atom stereocenters. The maximum absolute atomic E-state index is 12.5. The summed E-state index contributed by atoms with van der Waals surface area (Å²) in [6.45, 7) is 0.270. The van der Waals surface area contributed by atoms with Crippen molar-refractivity contribution in [3.05, 3.63) is 89.5 Å². The quantitative estimate of drug-likeness (QED) is 0.489. The number of benzene rings is 3. The van der Waals surface area contributed by atoms with Gasteiger partial charge in [-0.1, -0.05) is 48.5 Å². The molecule has 5 heteroatoms. The Hall–Kier alpha value is -3.31. The van der Waals surface area contributed by atoms with Crippen LogP contribution in [0.5, 0.6) is 0 Å². The summed E-state index contributed by atoms with van der Waals surface area (Å²) >= 11 is 1.65. The Labute approximate surface area is 159 Å². The molecule has 130 valence electrons. The van der Waals surface area contributed by atoms with Crippen LogP contribution in [0.25, 0.3) is 20.8 Å². The molecule has 1 aromatic heterocycles. The van der Waals surface area contributed by atoms with E-state index in [4.69, 9.17) is 0 Å². The van der Waals surface area contributed by atoms with E-state index in [0.717, 1.165) is 26.4 Å². The Kier molecular flexibility index (Phi) is 3.62. The first kappa shape index (κ1) is 15.9. The van der Waals surface area contributed by atoms with Crippen molar-refractivity contribution in [3.63, 3.8) is 0 Å². The fraction of sp³-hybridized carbons (Fsp3) is 0.0455. The van der Waals surface area contributed by atoms with E-state index in [-0.39, 0.29) is 18.4 Å². The number of thiazole rings is 1. The zero-order valence-corrected chi connectivity index (χ0v) is 15.1. The van der Waals surface area contributed by atoms with E-state index in [9.17, 15) is 9.59 Å². The molecule has 0 radical (unpaired) electrons. The fourth-order valence-electron chi connectivity index (χ4n) is 3.31. The van der Waals surface area contributed by atoms with Gasteiger partial charge in [0, 0.05) is 5.56 Å². The highest BCUT2D eigenvalue weighted by Crippen LogP contribution is 2.30. The summed E-state index contributed by atoms with van der Waals surface area (Å²) < 4.78 is 1.16. The number of para-hydroxylation sites is 1. The zero-order valence-electron chi connectivity index (χ0n) is 14.3. The molecule has 1 aliphatic rings. The van der Waals surface area contributed by atoms with Crippen molar-refractivity contribution in [2.45, 2.75) is 6.54 Å². The van der Waals surface area contributed by atoms with Gasteiger partial charge in [-0.2, -0.15) is 0 Å². The molecule has 0 fully saturated rings. The predicted molar refractivity (Wildman–Crippen MR) is 106 cm³/mol. The van der Waals surface area contributed by atoms with Gasteiger partial charge in [0.05, 0.1) is 27.9 Å². The first-order chi connectivity index (χ1) is 13.2. The Morgan fingerprint density at radius 3 is 2.07 bits per heavy atom. The van der Waals surface area contributed by atoms with Crippen LogP contribution in [0.1, 0.15) is 26.3 Å². The maximum Gasteiger partial charge on any atom is 0.261 e. The summed E-state index contributed by atoms with van der Waals surface area (Å²) in [5.41, 5.74) is 3.89. The van der Waals surface area contributed by atoms with Crippen LogP contribution in [0.3, 0.4) is 0 Å². The third kappa shape index (κ3) is 2.64. The molecule has 0 saturated heterocycles. The number of nitrogens with zero attached hydrogens (tertiary/aromatic N) is 2. The summed E-state index contributed by atoms with van der Waals surface area (Å²) in [6, 6.07) is 22.9. The summed E-state index contributed by atoms with van der Waals surface area (Å²) in [6.07, 6.45) is 0. The van der Waals surface area contributed by atoms with Gasteiger partial charge in [-0.25, -0.2) is 4.98 Å². The number of imide groups is 1. The number of hydrogen-bond donors (Lipinski definition) is 0. The second-order valence-corrected chi connectivity index (χ2v) is 7.46. The molecule has 0 spiro atoms. The molecule has 4 nitrogen and oxygen atoms in total. The van der Waals surface area contributed by atoms with E-state index in [2.05, 4.69) is 11.1 Å². The summed E-state index contributed by atoms with van der Waals surface area (Å²) in [7, 11) is 0.